The van der Waals surface area contributed by atoms with Crippen molar-refractivity contribution in [2.45, 2.75) is 39.0 Å². The summed E-state index contributed by atoms with van der Waals surface area (Å²) in [5, 5.41) is 9.27. The van der Waals surface area contributed by atoms with E-state index in [1.165, 1.54) is 12.8 Å². The summed E-state index contributed by atoms with van der Waals surface area (Å²) in [6.07, 6.45) is 5.50. The molecule has 0 aromatic heterocycles. The van der Waals surface area contributed by atoms with Crippen LogP contribution in [0.1, 0.15) is 39.0 Å². The van der Waals surface area contributed by atoms with Crippen molar-refractivity contribution in [2.75, 3.05) is 0 Å². The molecule has 72 valence electrons. The number of rotatable bonds is 1. The summed E-state index contributed by atoms with van der Waals surface area (Å²) in [7, 11) is 0. The normalized spacial score (nSPS) is 57.3. The Hall–Kier alpha value is -0.530. The van der Waals surface area contributed by atoms with Crippen LogP contribution in [0.25, 0.3) is 0 Å². The van der Waals surface area contributed by atoms with Gasteiger partial charge in [-0.05, 0) is 49.4 Å². The highest BCUT2D eigenvalue weighted by Crippen LogP contribution is 2.70. The molecule has 0 spiro atoms. The third kappa shape index (κ3) is 0.773. The molecule has 2 nitrogen and oxygen atoms in total. The Morgan fingerprint density at radius 2 is 2.15 bits per heavy atom. The van der Waals surface area contributed by atoms with Crippen molar-refractivity contribution in [3.8, 4) is 0 Å². The van der Waals surface area contributed by atoms with Gasteiger partial charge in [-0.1, -0.05) is 6.92 Å². The third-order valence-corrected chi connectivity index (χ3v) is 4.87. The van der Waals surface area contributed by atoms with Gasteiger partial charge in [-0.2, -0.15) is 0 Å². The molecule has 0 saturated heterocycles. The molecule has 4 aliphatic rings. The van der Waals surface area contributed by atoms with E-state index < -0.39 is 5.97 Å². The molecule has 0 unspecified atom stereocenters. The molecule has 4 saturated carbocycles. The summed E-state index contributed by atoms with van der Waals surface area (Å²) >= 11 is 0. The number of aliphatic carboxylic acids is 1. The average Bonchev–Trinajstić information content (AvgIpc) is 2.32. The minimum Gasteiger partial charge on any atom is -0.481 e. The van der Waals surface area contributed by atoms with Crippen molar-refractivity contribution < 1.29 is 9.90 Å². The van der Waals surface area contributed by atoms with Gasteiger partial charge < -0.3 is 5.11 Å². The molecule has 4 fully saturated rings. The number of hydrogen-bond acceptors (Lipinski definition) is 1. The zero-order valence-corrected chi connectivity index (χ0v) is 8.05. The summed E-state index contributed by atoms with van der Waals surface area (Å²) in [4.78, 5) is 11.2. The van der Waals surface area contributed by atoms with Crippen molar-refractivity contribution in [3.63, 3.8) is 0 Å². The molecule has 2 heteroatoms. The minimum absolute atomic E-state index is 0.305. The van der Waals surface area contributed by atoms with Crippen LogP contribution in [0.2, 0.25) is 0 Å². The monoisotopic (exact) mass is 180 g/mol. The predicted octanol–water partition coefficient (Wildman–Crippen LogP) is 2.29. The summed E-state index contributed by atoms with van der Waals surface area (Å²) in [6.45, 7) is 2.31. The van der Waals surface area contributed by atoms with E-state index in [-0.39, 0.29) is 5.41 Å². The Balaban J connectivity index is 2.03. The van der Waals surface area contributed by atoms with Crippen molar-refractivity contribution >= 4 is 5.97 Å². The van der Waals surface area contributed by atoms with E-state index in [1.54, 1.807) is 0 Å². The highest BCUT2D eigenvalue weighted by molar-refractivity contribution is 5.76. The fourth-order valence-corrected chi connectivity index (χ4v) is 4.57. The van der Waals surface area contributed by atoms with E-state index in [2.05, 4.69) is 6.92 Å². The minimum atomic E-state index is -0.523. The summed E-state index contributed by atoms with van der Waals surface area (Å²) in [5.41, 5.74) is 0.0852. The molecule has 0 radical (unpaired) electrons. The Morgan fingerprint density at radius 3 is 2.69 bits per heavy atom. The first-order chi connectivity index (χ1) is 6.04. The summed E-state index contributed by atoms with van der Waals surface area (Å²) in [5.74, 6) is 0.932. The van der Waals surface area contributed by atoms with Crippen LogP contribution in [-0.2, 0) is 4.79 Å². The molecule has 0 amide bonds. The Labute approximate surface area is 78.3 Å². The lowest BCUT2D eigenvalue weighted by atomic mass is 9.67. The fourth-order valence-electron chi connectivity index (χ4n) is 4.57. The average molecular weight is 180 g/mol. The second-order valence-corrected chi connectivity index (χ2v) is 5.83. The molecule has 1 N–H and O–H groups in total. The smallest absolute Gasteiger partial charge is 0.309 e. The second kappa shape index (κ2) is 1.94. The van der Waals surface area contributed by atoms with Gasteiger partial charge in [-0.15, -0.1) is 0 Å². The van der Waals surface area contributed by atoms with Crippen molar-refractivity contribution in [2.24, 2.45) is 22.7 Å². The number of hydrogen-bond donors (Lipinski definition) is 1. The van der Waals surface area contributed by atoms with E-state index in [9.17, 15) is 9.90 Å². The van der Waals surface area contributed by atoms with E-state index in [0.717, 1.165) is 31.1 Å². The molecule has 0 aromatic rings. The van der Waals surface area contributed by atoms with Gasteiger partial charge in [-0.3, -0.25) is 4.79 Å². The summed E-state index contributed by atoms with van der Waals surface area (Å²) < 4.78 is 0. The van der Waals surface area contributed by atoms with Gasteiger partial charge in [0.15, 0.2) is 0 Å². The van der Waals surface area contributed by atoms with Crippen LogP contribution in [0, 0.1) is 22.7 Å². The first-order valence-electron chi connectivity index (χ1n) is 5.28. The molecule has 0 aliphatic heterocycles. The molecule has 4 bridgehead atoms. The lowest BCUT2D eigenvalue weighted by molar-refractivity contribution is -0.152. The van der Waals surface area contributed by atoms with Gasteiger partial charge in [0.25, 0.3) is 0 Å². The molecular formula is C11H16O2. The Kier molecular flexibility index (Phi) is 1.17. The zero-order valence-electron chi connectivity index (χ0n) is 8.05. The van der Waals surface area contributed by atoms with Crippen molar-refractivity contribution in [3.05, 3.63) is 0 Å². The number of carboxylic acid groups (broad SMARTS) is 1. The van der Waals surface area contributed by atoms with Gasteiger partial charge >= 0.3 is 5.97 Å². The van der Waals surface area contributed by atoms with Gasteiger partial charge in [0.2, 0.25) is 0 Å². The third-order valence-electron chi connectivity index (χ3n) is 4.87. The molecule has 4 rings (SSSR count). The molecule has 0 aromatic carbocycles. The highest BCUT2D eigenvalue weighted by atomic mass is 16.4. The first kappa shape index (κ1) is 7.84. The quantitative estimate of drug-likeness (QED) is 0.672. The SMILES string of the molecule is C[C@]12C[C@@H]3C[C@H]1C[C@@](C(=O)O)(C3)C2. The van der Waals surface area contributed by atoms with E-state index in [0.29, 0.717) is 5.41 Å². The topological polar surface area (TPSA) is 37.3 Å². The van der Waals surface area contributed by atoms with E-state index in [4.69, 9.17) is 0 Å². The maximum Gasteiger partial charge on any atom is 0.309 e. The number of carboxylic acids is 1. The maximum absolute atomic E-state index is 11.2. The van der Waals surface area contributed by atoms with Crippen LogP contribution >= 0.6 is 0 Å². The lowest BCUT2D eigenvalue weighted by Gasteiger charge is -2.36. The van der Waals surface area contributed by atoms with Crippen LogP contribution in [0.4, 0.5) is 0 Å². The van der Waals surface area contributed by atoms with E-state index in [1.807, 2.05) is 0 Å². The molecule has 0 heterocycles. The number of carbonyl (C=O) groups is 1. The predicted molar refractivity (Wildman–Crippen MR) is 48.2 cm³/mol. The van der Waals surface area contributed by atoms with Gasteiger partial charge in [0.05, 0.1) is 5.41 Å². The first-order valence-corrected chi connectivity index (χ1v) is 5.28. The molecule has 4 aliphatic carbocycles. The Bertz CT molecular complexity index is 286. The van der Waals surface area contributed by atoms with Crippen LogP contribution < -0.4 is 0 Å². The molecule has 4 atom stereocenters. The van der Waals surface area contributed by atoms with Gasteiger partial charge in [0.1, 0.15) is 0 Å². The van der Waals surface area contributed by atoms with Crippen molar-refractivity contribution in [1.82, 2.24) is 0 Å². The van der Waals surface area contributed by atoms with Crippen LogP contribution in [0.5, 0.6) is 0 Å². The second-order valence-electron chi connectivity index (χ2n) is 5.83. The lowest BCUT2D eigenvalue weighted by Crippen LogP contribution is -2.36. The largest absolute Gasteiger partial charge is 0.481 e. The highest BCUT2D eigenvalue weighted by Gasteiger charge is 2.64. The zero-order chi connectivity index (χ0) is 9.27. The Morgan fingerprint density at radius 1 is 1.38 bits per heavy atom. The van der Waals surface area contributed by atoms with Crippen molar-refractivity contribution in [1.29, 1.82) is 0 Å². The van der Waals surface area contributed by atoms with Gasteiger partial charge in [0, 0.05) is 0 Å². The maximum atomic E-state index is 11.2. The standard InChI is InChI=1S/C11H16O2/c1-10-3-7-2-8(10)5-11(4-7,6-10)9(12)13/h7-8H,2-6H2,1H3,(H,12,13)/t7-,8-,10+,11-/m0/s1. The van der Waals surface area contributed by atoms with E-state index >= 15 is 0 Å². The van der Waals surface area contributed by atoms with Crippen LogP contribution in [-0.4, -0.2) is 11.1 Å². The summed E-state index contributed by atoms with van der Waals surface area (Å²) in [6, 6.07) is 0. The molecular weight excluding hydrogens is 164 g/mol. The van der Waals surface area contributed by atoms with Gasteiger partial charge in [-0.25, -0.2) is 0 Å². The fraction of sp³-hybridized carbons (Fsp3) is 0.909. The molecule has 13 heavy (non-hydrogen) atoms. The van der Waals surface area contributed by atoms with Crippen LogP contribution in [0.15, 0.2) is 0 Å². The van der Waals surface area contributed by atoms with Crippen LogP contribution in [0.3, 0.4) is 0 Å².